The van der Waals surface area contributed by atoms with Gasteiger partial charge in [-0.15, -0.1) is 0 Å². The quantitative estimate of drug-likeness (QED) is 0.724. The Labute approximate surface area is 100 Å². The third-order valence-corrected chi connectivity index (χ3v) is 4.69. The number of nitrogens with zero attached hydrogens (tertiary/aromatic N) is 1. The zero-order valence-electron chi connectivity index (χ0n) is 9.06. The van der Waals surface area contributed by atoms with Crippen LogP contribution < -0.4 is 0 Å². The first kappa shape index (κ1) is 12.2. The lowest BCUT2D eigenvalue weighted by molar-refractivity contribution is -0.129. The minimum Gasteiger partial charge on any atom is -0.339 e. The second-order valence-electron chi connectivity index (χ2n) is 4.76. The van der Waals surface area contributed by atoms with E-state index in [-0.39, 0.29) is 17.6 Å². The van der Waals surface area contributed by atoms with Crippen LogP contribution in [-0.2, 0) is 13.8 Å². The van der Waals surface area contributed by atoms with E-state index in [0.717, 1.165) is 12.8 Å². The van der Waals surface area contributed by atoms with Gasteiger partial charge in [-0.05, 0) is 12.8 Å². The SMILES string of the molecule is O=C1CC(CS(=O)(=O)Cl)CN1C1CCCC1. The van der Waals surface area contributed by atoms with Gasteiger partial charge in [-0.1, -0.05) is 12.8 Å². The summed E-state index contributed by atoms with van der Waals surface area (Å²) in [4.78, 5) is 13.6. The molecule has 2 aliphatic rings. The van der Waals surface area contributed by atoms with Gasteiger partial charge in [0, 0.05) is 35.6 Å². The number of amides is 1. The first-order valence-corrected chi connectivity index (χ1v) is 8.15. The molecule has 0 aromatic carbocycles. The minimum absolute atomic E-state index is 0.0798. The van der Waals surface area contributed by atoms with Crippen LogP contribution in [0.25, 0.3) is 0 Å². The molecular formula is C10H16ClNO3S. The van der Waals surface area contributed by atoms with Crippen LogP contribution in [0.2, 0.25) is 0 Å². The molecule has 1 aliphatic carbocycles. The minimum atomic E-state index is -3.48. The van der Waals surface area contributed by atoms with E-state index < -0.39 is 9.05 Å². The molecule has 1 unspecified atom stereocenters. The van der Waals surface area contributed by atoms with Gasteiger partial charge < -0.3 is 4.90 Å². The Hall–Kier alpha value is -0.290. The van der Waals surface area contributed by atoms with Crippen LogP contribution in [0.15, 0.2) is 0 Å². The molecule has 0 aromatic rings. The second kappa shape index (κ2) is 4.53. The molecule has 0 aromatic heterocycles. The fourth-order valence-electron chi connectivity index (χ4n) is 2.77. The van der Waals surface area contributed by atoms with Crippen molar-refractivity contribution in [3.8, 4) is 0 Å². The van der Waals surface area contributed by atoms with Crippen LogP contribution in [-0.4, -0.2) is 37.6 Å². The predicted molar refractivity (Wildman–Crippen MR) is 61.7 cm³/mol. The summed E-state index contributed by atoms with van der Waals surface area (Å²) in [5.41, 5.74) is 0. The predicted octanol–water partition coefficient (Wildman–Crippen LogP) is 1.35. The Kier molecular flexibility index (Phi) is 3.45. The zero-order chi connectivity index (χ0) is 11.8. The van der Waals surface area contributed by atoms with E-state index in [0.29, 0.717) is 19.0 Å². The Bertz CT molecular complexity index is 376. The van der Waals surface area contributed by atoms with Gasteiger partial charge in [-0.3, -0.25) is 4.79 Å². The van der Waals surface area contributed by atoms with Crippen molar-refractivity contribution in [3.05, 3.63) is 0 Å². The van der Waals surface area contributed by atoms with Crippen molar-refractivity contribution in [2.75, 3.05) is 12.3 Å². The van der Waals surface area contributed by atoms with Gasteiger partial charge in [0.05, 0.1) is 5.75 Å². The molecule has 92 valence electrons. The monoisotopic (exact) mass is 265 g/mol. The van der Waals surface area contributed by atoms with E-state index in [1.807, 2.05) is 4.90 Å². The average molecular weight is 266 g/mol. The van der Waals surface area contributed by atoms with Crippen molar-refractivity contribution in [3.63, 3.8) is 0 Å². The van der Waals surface area contributed by atoms with Crippen LogP contribution >= 0.6 is 10.7 Å². The fraction of sp³-hybridized carbons (Fsp3) is 0.900. The van der Waals surface area contributed by atoms with Crippen molar-refractivity contribution in [1.29, 1.82) is 0 Å². The van der Waals surface area contributed by atoms with Crippen molar-refractivity contribution in [2.24, 2.45) is 5.92 Å². The zero-order valence-corrected chi connectivity index (χ0v) is 10.6. The van der Waals surface area contributed by atoms with E-state index in [2.05, 4.69) is 0 Å². The largest absolute Gasteiger partial charge is 0.339 e. The molecule has 6 heteroatoms. The van der Waals surface area contributed by atoms with E-state index in [9.17, 15) is 13.2 Å². The van der Waals surface area contributed by atoms with E-state index in [1.54, 1.807) is 0 Å². The smallest absolute Gasteiger partial charge is 0.232 e. The number of halogens is 1. The summed E-state index contributed by atoms with van der Waals surface area (Å²) in [5.74, 6) is -0.100. The highest BCUT2D eigenvalue weighted by Gasteiger charge is 2.36. The van der Waals surface area contributed by atoms with Gasteiger partial charge in [0.25, 0.3) is 0 Å². The molecule has 1 saturated carbocycles. The number of hydrogen-bond donors (Lipinski definition) is 0. The molecule has 0 radical (unpaired) electrons. The molecule has 1 atom stereocenters. The van der Waals surface area contributed by atoms with Gasteiger partial charge in [-0.25, -0.2) is 8.42 Å². The van der Waals surface area contributed by atoms with Crippen LogP contribution in [0.4, 0.5) is 0 Å². The Morgan fingerprint density at radius 3 is 2.50 bits per heavy atom. The number of carbonyl (C=O) groups is 1. The molecule has 0 N–H and O–H groups in total. The first-order valence-electron chi connectivity index (χ1n) is 5.67. The molecule has 4 nitrogen and oxygen atoms in total. The molecular weight excluding hydrogens is 250 g/mol. The normalized spacial score (nSPS) is 27.9. The van der Waals surface area contributed by atoms with Crippen molar-refractivity contribution in [1.82, 2.24) is 4.90 Å². The fourth-order valence-corrected chi connectivity index (χ4v) is 4.09. The maximum atomic E-state index is 11.7. The molecule has 1 heterocycles. The highest BCUT2D eigenvalue weighted by atomic mass is 35.7. The van der Waals surface area contributed by atoms with Crippen LogP contribution in [0.5, 0.6) is 0 Å². The summed E-state index contributed by atoms with van der Waals surface area (Å²) >= 11 is 0. The maximum Gasteiger partial charge on any atom is 0.232 e. The Morgan fingerprint density at radius 1 is 1.31 bits per heavy atom. The summed E-state index contributed by atoms with van der Waals surface area (Å²) in [6.45, 7) is 0.565. The summed E-state index contributed by atoms with van der Waals surface area (Å²) in [6.07, 6.45) is 4.81. The number of hydrogen-bond acceptors (Lipinski definition) is 3. The molecule has 0 spiro atoms. The molecule has 0 bridgehead atoms. The summed E-state index contributed by atoms with van der Waals surface area (Å²) in [5, 5.41) is 0. The van der Waals surface area contributed by atoms with E-state index in [1.165, 1.54) is 12.8 Å². The summed E-state index contributed by atoms with van der Waals surface area (Å²) in [6, 6.07) is 0.343. The molecule has 16 heavy (non-hydrogen) atoms. The second-order valence-corrected chi connectivity index (χ2v) is 7.58. The molecule has 2 fully saturated rings. The topological polar surface area (TPSA) is 54.5 Å². The third-order valence-electron chi connectivity index (χ3n) is 3.44. The molecule has 1 saturated heterocycles. The molecule has 1 amide bonds. The average Bonchev–Trinajstić information content (AvgIpc) is 2.71. The lowest BCUT2D eigenvalue weighted by Gasteiger charge is -2.23. The van der Waals surface area contributed by atoms with Crippen molar-refractivity contribution in [2.45, 2.75) is 38.1 Å². The maximum absolute atomic E-state index is 11.7. The van der Waals surface area contributed by atoms with Crippen molar-refractivity contribution >= 4 is 25.6 Å². The highest BCUT2D eigenvalue weighted by Crippen LogP contribution is 2.30. The van der Waals surface area contributed by atoms with Crippen LogP contribution in [0.3, 0.4) is 0 Å². The lowest BCUT2D eigenvalue weighted by atomic mass is 10.1. The Balaban J connectivity index is 1.96. The van der Waals surface area contributed by atoms with Crippen LogP contribution in [0, 0.1) is 5.92 Å². The first-order chi connectivity index (χ1) is 7.46. The van der Waals surface area contributed by atoms with E-state index in [4.69, 9.17) is 10.7 Å². The lowest BCUT2D eigenvalue weighted by Crippen LogP contribution is -2.34. The number of likely N-dealkylation sites (tertiary alicyclic amines) is 1. The third kappa shape index (κ3) is 2.88. The Morgan fingerprint density at radius 2 is 1.94 bits per heavy atom. The van der Waals surface area contributed by atoms with E-state index >= 15 is 0 Å². The molecule has 2 rings (SSSR count). The number of rotatable bonds is 3. The van der Waals surface area contributed by atoms with Crippen molar-refractivity contribution < 1.29 is 13.2 Å². The standard InChI is InChI=1S/C10H16ClNO3S/c11-16(14,15)7-8-5-10(13)12(6-8)9-3-1-2-4-9/h8-9H,1-7H2. The number of carbonyl (C=O) groups excluding carboxylic acids is 1. The highest BCUT2D eigenvalue weighted by molar-refractivity contribution is 8.13. The van der Waals surface area contributed by atoms with Gasteiger partial charge in [0.15, 0.2) is 0 Å². The summed E-state index contributed by atoms with van der Waals surface area (Å²) < 4.78 is 21.9. The van der Waals surface area contributed by atoms with Gasteiger partial charge >= 0.3 is 0 Å². The van der Waals surface area contributed by atoms with Crippen LogP contribution in [0.1, 0.15) is 32.1 Å². The summed E-state index contributed by atoms with van der Waals surface area (Å²) in [7, 11) is 1.73. The van der Waals surface area contributed by atoms with Gasteiger partial charge in [0.2, 0.25) is 15.0 Å². The van der Waals surface area contributed by atoms with Gasteiger partial charge in [0.1, 0.15) is 0 Å². The van der Waals surface area contributed by atoms with Gasteiger partial charge in [-0.2, -0.15) is 0 Å². The molecule has 1 aliphatic heterocycles.